The number of pyridine rings is 1. The fraction of sp³-hybridized carbons (Fsp3) is 0.130. The number of rotatable bonds is 8. The number of nitrogens with one attached hydrogen (secondary N) is 2. The number of Topliss-reactive ketones (excluding diaryl/α,β-unsaturated/α-hetero) is 1. The molecule has 176 valence electrons. The molecule has 2 N–H and O–H groups in total. The molecule has 0 saturated carbocycles. The Bertz CT molecular complexity index is 1200. The van der Waals surface area contributed by atoms with Crippen LogP contribution in [0.5, 0.6) is 5.75 Å². The molecule has 3 rings (SSSR count). The minimum Gasteiger partial charge on any atom is -0.530 e. The Labute approximate surface area is 191 Å². The monoisotopic (exact) mass is 472 g/mol. The molecule has 0 fully saturated rings. The molecule has 0 unspecified atom stereocenters. The maximum Gasteiger partial charge on any atom is 0.422 e. The topological polar surface area (TPSA) is 120 Å². The molecule has 3 aromatic rings. The summed E-state index contributed by atoms with van der Waals surface area (Å²) in [5, 5.41) is 15.2. The van der Waals surface area contributed by atoms with Gasteiger partial charge in [-0.15, -0.1) is 0 Å². The van der Waals surface area contributed by atoms with E-state index >= 15 is 0 Å². The summed E-state index contributed by atoms with van der Waals surface area (Å²) >= 11 is 0. The summed E-state index contributed by atoms with van der Waals surface area (Å²) in [7, 11) is 0. The molecule has 8 nitrogen and oxygen atoms in total. The predicted molar refractivity (Wildman–Crippen MR) is 114 cm³/mol. The molecule has 11 heteroatoms. The Hall–Kier alpha value is -4.41. The van der Waals surface area contributed by atoms with Gasteiger partial charge in [-0.25, -0.2) is 0 Å². The van der Waals surface area contributed by atoms with Gasteiger partial charge in [0, 0.05) is 29.6 Å². The maximum atomic E-state index is 12.6. The summed E-state index contributed by atoms with van der Waals surface area (Å²) in [4.78, 5) is 40.0. The maximum absolute atomic E-state index is 12.6. The van der Waals surface area contributed by atoms with Gasteiger partial charge in [0.2, 0.25) is 5.91 Å². The number of benzene rings is 2. The number of nitrogens with zero attached hydrogens (tertiary/aromatic N) is 1. The number of hydrogen-bond donors (Lipinski definition) is 2. The van der Waals surface area contributed by atoms with Crippen molar-refractivity contribution in [2.45, 2.75) is 12.6 Å². The van der Waals surface area contributed by atoms with E-state index in [0.29, 0.717) is 0 Å². The van der Waals surface area contributed by atoms with Gasteiger partial charge in [-0.1, -0.05) is 24.3 Å². The van der Waals surface area contributed by atoms with E-state index in [4.69, 9.17) is 0 Å². The largest absolute Gasteiger partial charge is 0.530 e. The normalized spacial score (nSPS) is 10.9. The van der Waals surface area contributed by atoms with E-state index < -0.39 is 37.0 Å². The second-order valence-corrected chi connectivity index (χ2v) is 6.99. The van der Waals surface area contributed by atoms with E-state index in [0.717, 1.165) is 29.3 Å². The highest BCUT2D eigenvalue weighted by Gasteiger charge is 2.28. The van der Waals surface area contributed by atoms with Crippen molar-refractivity contribution < 1.29 is 37.4 Å². The van der Waals surface area contributed by atoms with Gasteiger partial charge in [-0.3, -0.25) is 14.6 Å². The number of alkyl halides is 3. The van der Waals surface area contributed by atoms with Gasteiger partial charge in [-0.2, -0.15) is 13.2 Å². The average Bonchev–Trinajstić information content (AvgIpc) is 2.79. The summed E-state index contributed by atoms with van der Waals surface area (Å²) in [6.07, 6.45) is -3.67. The summed E-state index contributed by atoms with van der Waals surface area (Å²) in [5.74, 6) is -1.55. The lowest BCUT2D eigenvalue weighted by atomic mass is 10.0. The summed E-state index contributed by atoms with van der Waals surface area (Å²) < 4.78 is 41.6. The van der Waals surface area contributed by atoms with Crippen LogP contribution < -0.4 is 20.5 Å². The third-order valence-electron chi connectivity index (χ3n) is 4.40. The standard InChI is InChI=1S/C23H18F3N3O5/c24-23(25,26)13-34-17-6-7-18(19(10-17)29-22(32)33)28-21(31)11-20(30)15-4-1-3-14(9-15)16-5-2-8-27-12-16/h1-10,12,29H,11,13H2,(H,28,31)(H,32,33)/p-1. The van der Waals surface area contributed by atoms with Crippen LogP contribution in [0.15, 0.2) is 67.0 Å². The van der Waals surface area contributed by atoms with Crippen LogP contribution in [0.25, 0.3) is 11.1 Å². The van der Waals surface area contributed by atoms with E-state index in [1.54, 1.807) is 42.7 Å². The fourth-order valence-electron chi connectivity index (χ4n) is 2.95. The van der Waals surface area contributed by atoms with Crippen LogP contribution in [0.4, 0.5) is 29.3 Å². The fourth-order valence-corrected chi connectivity index (χ4v) is 2.95. The van der Waals surface area contributed by atoms with Crippen LogP contribution >= 0.6 is 0 Å². The van der Waals surface area contributed by atoms with Gasteiger partial charge in [0.25, 0.3) is 0 Å². The molecular formula is C23H17F3N3O5-. The molecule has 1 aromatic heterocycles. The van der Waals surface area contributed by atoms with Gasteiger partial charge >= 0.3 is 6.18 Å². The second kappa shape index (κ2) is 10.5. The van der Waals surface area contributed by atoms with E-state index in [1.807, 2.05) is 11.4 Å². The SMILES string of the molecule is O=C([O-])Nc1cc(OCC(F)(F)F)ccc1NC(=O)CC(=O)c1cccc(-c2cccnc2)c1. The third-order valence-corrected chi connectivity index (χ3v) is 4.40. The van der Waals surface area contributed by atoms with Crippen LogP contribution in [0.1, 0.15) is 16.8 Å². The molecule has 0 atom stereocenters. The van der Waals surface area contributed by atoms with Crippen molar-refractivity contribution in [1.82, 2.24) is 4.98 Å². The summed E-state index contributed by atoms with van der Waals surface area (Å²) in [5.41, 5.74) is 1.42. The van der Waals surface area contributed by atoms with Crippen molar-refractivity contribution in [3.63, 3.8) is 0 Å². The molecule has 0 radical (unpaired) electrons. The zero-order valence-electron chi connectivity index (χ0n) is 17.4. The first-order chi connectivity index (χ1) is 16.1. The Morgan fingerprint density at radius 2 is 1.71 bits per heavy atom. The van der Waals surface area contributed by atoms with Crippen molar-refractivity contribution in [3.8, 4) is 16.9 Å². The number of carboxylic acid groups (broad SMARTS) is 1. The third kappa shape index (κ3) is 7.05. The number of hydrogen-bond acceptors (Lipinski definition) is 6. The Morgan fingerprint density at radius 3 is 2.38 bits per heavy atom. The van der Waals surface area contributed by atoms with Crippen LogP contribution in [-0.4, -0.2) is 35.6 Å². The lowest BCUT2D eigenvalue weighted by molar-refractivity contribution is -0.242. The number of amides is 2. The van der Waals surface area contributed by atoms with Gasteiger partial charge in [-0.05, 0) is 29.8 Å². The van der Waals surface area contributed by atoms with Gasteiger partial charge < -0.3 is 25.3 Å². The Kier molecular flexibility index (Phi) is 7.46. The number of ketones is 1. The smallest absolute Gasteiger partial charge is 0.422 e. The molecule has 0 bridgehead atoms. The molecular weight excluding hydrogens is 455 g/mol. The van der Waals surface area contributed by atoms with Crippen LogP contribution in [-0.2, 0) is 4.79 Å². The number of ether oxygens (including phenoxy) is 1. The van der Waals surface area contributed by atoms with Crippen molar-refractivity contribution in [2.24, 2.45) is 0 Å². The van der Waals surface area contributed by atoms with Gasteiger partial charge in [0.15, 0.2) is 12.4 Å². The summed E-state index contributed by atoms with van der Waals surface area (Å²) in [6.45, 7) is -1.59. The second-order valence-electron chi connectivity index (χ2n) is 6.99. The Balaban J connectivity index is 1.71. The lowest BCUT2D eigenvalue weighted by Gasteiger charge is -2.16. The Morgan fingerprint density at radius 1 is 0.941 bits per heavy atom. The van der Waals surface area contributed by atoms with E-state index in [-0.39, 0.29) is 22.7 Å². The van der Waals surface area contributed by atoms with E-state index in [1.165, 1.54) is 0 Å². The highest BCUT2D eigenvalue weighted by molar-refractivity contribution is 6.12. The molecule has 0 spiro atoms. The van der Waals surface area contributed by atoms with Crippen LogP contribution in [0.2, 0.25) is 0 Å². The first kappa shape index (κ1) is 24.2. The van der Waals surface area contributed by atoms with Crippen molar-refractivity contribution in [3.05, 3.63) is 72.6 Å². The minimum absolute atomic E-state index is 0.0922. The van der Waals surface area contributed by atoms with Crippen molar-refractivity contribution in [2.75, 3.05) is 17.2 Å². The predicted octanol–water partition coefficient (Wildman–Crippen LogP) is 3.66. The minimum atomic E-state index is -4.59. The molecule has 0 aliphatic heterocycles. The van der Waals surface area contributed by atoms with Crippen molar-refractivity contribution >= 4 is 29.2 Å². The van der Waals surface area contributed by atoms with E-state index in [2.05, 4.69) is 15.0 Å². The molecule has 2 amide bonds. The molecule has 0 aliphatic rings. The highest BCUT2D eigenvalue weighted by Crippen LogP contribution is 2.29. The molecule has 1 heterocycles. The number of carbonyl (C=O) groups excluding carboxylic acids is 3. The molecule has 34 heavy (non-hydrogen) atoms. The average molecular weight is 472 g/mol. The van der Waals surface area contributed by atoms with Crippen LogP contribution in [0, 0.1) is 0 Å². The number of halogens is 3. The number of carbonyl (C=O) groups is 3. The van der Waals surface area contributed by atoms with Gasteiger partial charge in [0.05, 0.1) is 17.8 Å². The highest BCUT2D eigenvalue weighted by atomic mass is 19.4. The van der Waals surface area contributed by atoms with Crippen LogP contribution in [0.3, 0.4) is 0 Å². The zero-order chi connectivity index (χ0) is 24.7. The number of aromatic nitrogens is 1. The molecule has 0 saturated heterocycles. The lowest BCUT2D eigenvalue weighted by Crippen LogP contribution is -2.29. The first-order valence-corrected chi connectivity index (χ1v) is 9.76. The number of anilines is 2. The quantitative estimate of drug-likeness (QED) is 0.381. The molecule has 0 aliphatic carbocycles. The summed E-state index contributed by atoms with van der Waals surface area (Å²) in [6, 6.07) is 13.4. The van der Waals surface area contributed by atoms with Crippen molar-refractivity contribution in [1.29, 1.82) is 0 Å². The van der Waals surface area contributed by atoms with E-state index in [9.17, 15) is 32.7 Å². The first-order valence-electron chi connectivity index (χ1n) is 9.76. The molecule has 2 aromatic carbocycles. The zero-order valence-corrected chi connectivity index (χ0v) is 17.4. The van der Waals surface area contributed by atoms with Gasteiger partial charge in [0.1, 0.15) is 11.8 Å².